The highest BCUT2D eigenvalue weighted by atomic mass is 16.5. The summed E-state index contributed by atoms with van der Waals surface area (Å²) >= 11 is 0. The zero-order chi connectivity index (χ0) is 12.1. The molecule has 0 atom stereocenters. The lowest BCUT2D eigenvalue weighted by atomic mass is 10.4. The molecule has 92 valence electrons. The lowest BCUT2D eigenvalue weighted by Gasteiger charge is -2.27. The quantitative estimate of drug-likeness (QED) is 0.617. The highest BCUT2D eigenvalue weighted by Gasteiger charge is 2.14. The zero-order valence-corrected chi connectivity index (χ0v) is 9.85. The van der Waals surface area contributed by atoms with Crippen molar-refractivity contribution in [2.75, 3.05) is 37.8 Å². The normalized spacial score (nSPS) is 15.7. The third-order valence-electron chi connectivity index (χ3n) is 2.48. The van der Waals surface area contributed by atoms with Gasteiger partial charge in [-0.3, -0.25) is 10.4 Å². The second-order valence-corrected chi connectivity index (χ2v) is 3.62. The van der Waals surface area contributed by atoms with Crippen LogP contribution in [-0.4, -0.2) is 48.8 Å². The van der Waals surface area contributed by atoms with E-state index in [2.05, 4.69) is 14.9 Å². The van der Waals surface area contributed by atoms with Gasteiger partial charge in [0.1, 0.15) is 11.5 Å². The van der Waals surface area contributed by atoms with Crippen LogP contribution in [0.3, 0.4) is 0 Å². The van der Waals surface area contributed by atoms with Crippen molar-refractivity contribution < 1.29 is 9.47 Å². The first-order valence-corrected chi connectivity index (χ1v) is 5.67. The fraction of sp³-hybridized carbons (Fsp3) is 0.545. The third kappa shape index (κ3) is 2.91. The molecule has 1 N–H and O–H groups in total. The average molecular weight is 236 g/mol. The van der Waals surface area contributed by atoms with E-state index in [0.717, 1.165) is 18.9 Å². The Balaban J connectivity index is 2.12. The number of nitrogens with zero attached hydrogens (tertiary/aromatic N) is 3. The molecule has 0 unspecified atom stereocenters. The van der Waals surface area contributed by atoms with Gasteiger partial charge in [-0.15, -0.1) is 0 Å². The summed E-state index contributed by atoms with van der Waals surface area (Å²) in [6.07, 6.45) is 3.25. The Morgan fingerprint density at radius 3 is 2.94 bits per heavy atom. The molecule has 2 heterocycles. The van der Waals surface area contributed by atoms with Crippen LogP contribution in [0.5, 0.6) is 0 Å². The molecule has 0 spiro atoms. The summed E-state index contributed by atoms with van der Waals surface area (Å²) in [4.78, 5) is 10.6. The first-order valence-electron chi connectivity index (χ1n) is 5.67. The summed E-state index contributed by atoms with van der Waals surface area (Å²) in [5.74, 6) is 0.838. The molecule has 0 bridgehead atoms. The minimum Gasteiger partial charge on any atom is -0.477 e. The molecule has 0 amide bonds. The van der Waals surface area contributed by atoms with Gasteiger partial charge in [0.2, 0.25) is 5.90 Å². The molecule has 1 aliphatic heterocycles. The summed E-state index contributed by atoms with van der Waals surface area (Å²) < 4.78 is 10.4. The summed E-state index contributed by atoms with van der Waals surface area (Å²) in [5.41, 5.74) is 0.468. The lowest BCUT2D eigenvalue weighted by Crippen LogP contribution is -2.37. The van der Waals surface area contributed by atoms with E-state index in [0.29, 0.717) is 25.5 Å². The Kier molecular flexibility index (Phi) is 3.87. The van der Waals surface area contributed by atoms with E-state index < -0.39 is 0 Å². The SMILES string of the molecule is CCOC(=N)c1cncc(N2CCOCC2)n1. The first-order chi connectivity index (χ1) is 8.31. The predicted molar refractivity (Wildman–Crippen MR) is 63.5 cm³/mol. The molecule has 0 aliphatic carbocycles. The number of anilines is 1. The molecular weight excluding hydrogens is 220 g/mol. The van der Waals surface area contributed by atoms with Crippen LogP contribution in [0, 0.1) is 5.41 Å². The Morgan fingerprint density at radius 2 is 2.24 bits per heavy atom. The zero-order valence-electron chi connectivity index (χ0n) is 9.85. The number of ether oxygens (including phenoxy) is 2. The van der Waals surface area contributed by atoms with E-state index in [1.165, 1.54) is 0 Å². The van der Waals surface area contributed by atoms with Crippen LogP contribution in [-0.2, 0) is 9.47 Å². The molecule has 6 nitrogen and oxygen atoms in total. The molecule has 6 heteroatoms. The number of aromatic nitrogens is 2. The van der Waals surface area contributed by atoms with E-state index in [-0.39, 0.29) is 5.90 Å². The topological polar surface area (TPSA) is 71.3 Å². The molecule has 2 rings (SSSR count). The van der Waals surface area contributed by atoms with Crippen molar-refractivity contribution in [2.24, 2.45) is 0 Å². The number of morpholine rings is 1. The van der Waals surface area contributed by atoms with Crippen molar-refractivity contribution in [3.63, 3.8) is 0 Å². The fourth-order valence-electron chi connectivity index (χ4n) is 1.63. The fourth-order valence-corrected chi connectivity index (χ4v) is 1.63. The number of nitrogens with one attached hydrogen (secondary N) is 1. The standard InChI is InChI=1S/C11H16N4O2/c1-2-17-11(12)9-7-13-8-10(14-9)15-3-5-16-6-4-15/h7-8,12H,2-6H2,1H3. The van der Waals surface area contributed by atoms with Crippen molar-refractivity contribution in [3.8, 4) is 0 Å². The second-order valence-electron chi connectivity index (χ2n) is 3.62. The largest absolute Gasteiger partial charge is 0.477 e. The predicted octanol–water partition coefficient (Wildman–Crippen LogP) is 0.675. The van der Waals surface area contributed by atoms with Gasteiger partial charge in [-0.1, -0.05) is 0 Å². The van der Waals surface area contributed by atoms with E-state index in [1.807, 2.05) is 6.92 Å². The van der Waals surface area contributed by atoms with Crippen molar-refractivity contribution >= 4 is 11.7 Å². The summed E-state index contributed by atoms with van der Waals surface area (Å²) in [6.45, 7) is 5.32. The smallest absolute Gasteiger partial charge is 0.234 e. The van der Waals surface area contributed by atoms with Crippen LogP contribution in [0.4, 0.5) is 5.82 Å². The van der Waals surface area contributed by atoms with Gasteiger partial charge in [0.25, 0.3) is 0 Å². The molecule has 1 saturated heterocycles. The van der Waals surface area contributed by atoms with E-state index >= 15 is 0 Å². The Labute approximate surface area is 100 Å². The van der Waals surface area contributed by atoms with Gasteiger partial charge in [0.05, 0.1) is 32.2 Å². The van der Waals surface area contributed by atoms with Crippen LogP contribution >= 0.6 is 0 Å². The van der Waals surface area contributed by atoms with Crippen molar-refractivity contribution in [1.29, 1.82) is 5.41 Å². The molecular formula is C11H16N4O2. The Hall–Kier alpha value is -1.69. The Bertz CT molecular complexity index is 391. The van der Waals surface area contributed by atoms with Crippen LogP contribution in [0.25, 0.3) is 0 Å². The molecule has 1 aromatic heterocycles. The molecule has 1 aliphatic rings. The maximum Gasteiger partial charge on any atom is 0.234 e. The highest BCUT2D eigenvalue weighted by Crippen LogP contribution is 2.12. The van der Waals surface area contributed by atoms with Gasteiger partial charge >= 0.3 is 0 Å². The molecule has 1 aromatic rings. The molecule has 0 saturated carbocycles. The van der Waals surface area contributed by atoms with Crippen molar-refractivity contribution in [1.82, 2.24) is 9.97 Å². The van der Waals surface area contributed by atoms with Gasteiger partial charge in [0.15, 0.2) is 0 Å². The van der Waals surface area contributed by atoms with Crippen LogP contribution in [0.2, 0.25) is 0 Å². The van der Waals surface area contributed by atoms with E-state index in [4.69, 9.17) is 14.9 Å². The van der Waals surface area contributed by atoms with Crippen LogP contribution in [0.1, 0.15) is 12.6 Å². The minimum atomic E-state index is 0.0649. The summed E-state index contributed by atoms with van der Waals surface area (Å²) in [6, 6.07) is 0. The minimum absolute atomic E-state index is 0.0649. The highest BCUT2D eigenvalue weighted by molar-refractivity contribution is 5.89. The van der Waals surface area contributed by atoms with Crippen molar-refractivity contribution in [3.05, 3.63) is 18.1 Å². The van der Waals surface area contributed by atoms with Crippen LogP contribution < -0.4 is 4.90 Å². The van der Waals surface area contributed by atoms with Gasteiger partial charge in [-0.2, -0.15) is 0 Å². The van der Waals surface area contributed by atoms with E-state index in [9.17, 15) is 0 Å². The Morgan fingerprint density at radius 1 is 1.47 bits per heavy atom. The number of hydrogen-bond acceptors (Lipinski definition) is 6. The monoisotopic (exact) mass is 236 g/mol. The maximum atomic E-state index is 7.67. The van der Waals surface area contributed by atoms with Gasteiger partial charge in [-0.05, 0) is 6.92 Å². The van der Waals surface area contributed by atoms with Gasteiger partial charge in [-0.25, -0.2) is 4.98 Å². The first kappa shape index (κ1) is 11.8. The number of hydrogen-bond donors (Lipinski definition) is 1. The summed E-state index contributed by atoms with van der Waals surface area (Å²) in [7, 11) is 0. The third-order valence-corrected chi connectivity index (χ3v) is 2.48. The van der Waals surface area contributed by atoms with Gasteiger partial charge < -0.3 is 14.4 Å². The summed E-state index contributed by atoms with van der Waals surface area (Å²) in [5, 5.41) is 7.67. The van der Waals surface area contributed by atoms with Crippen LogP contribution in [0.15, 0.2) is 12.4 Å². The van der Waals surface area contributed by atoms with E-state index in [1.54, 1.807) is 12.4 Å². The number of rotatable bonds is 3. The molecule has 0 radical (unpaired) electrons. The molecule has 17 heavy (non-hydrogen) atoms. The van der Waals surface area contributed by atoms with Gasteiger partial charge in [0, 0.05) is 13.1 Å². The maximum absolute atomic E-state index is 7.67. The molecule has 1 fully saturated rings. The molecule has 0 aromatic carbocycles. The average Bonchev–Trinajstić information content (AvgIpc) is 2.40. The van der Waals surface area contributed by atoms with Crippen molar-refractivity contribution in [2.45, 2.75) is 6.92 Å². The lowest BCUT2D eigenvalue weighted by molar-refractivity contribution is 0.122. The second kappa shape index (κ2) is 5.58.